The van der Waals surface area contributed by atoms with Gasteiger partial charge in [-0.1, -0.05) is 6.07 Å². The summed E-state index contributed by atoms with van der Waals surface area (Å²) in [4.78, 5) is 26.0. The van der Waals surface area contributed by atoms with E-state index >= 15 is 0 Å². The Hall–Kier alpha value is -2.58. The number of hydrogen-bond acceptors (Lipinski definition) is 5. The number of amides is 3. The molecule has 3 N–H and O–H groups in total. The van der Waals surface area contributed by atoms with E-state index in [0.717, 1.165) is 23.4 Å². The minimum Gasteiger partial charge on any atom is -0.493 e. The van der Waals surface area contributed by atoms with Crippen molar-refractivity contribution in [2.75, 3.05) is 34.4 Å². The molecule has 2 heterocycles. The summed E-state index contributed by atoms with van der Waals surface area (Å²) in [6.07, 6.45) is 0.820. The fraction of sp³-hybridized carbons (Fsp3) is 0.368. The normalized spacial score (nSPS) is 18.3. The molecule has 0 spiro atoms. The minimum absolute atomic E-state index is 0.00370. The highest BCUT2D eigenvalue weighted by molar-refractivity contribution is 7.10. The number of urea groups is 1. The third-order valence-corrected chi connectivity index (χ3v) is 5.71. The molecular weight excluding hydrogens is 366 g/mol. The Labute approximate surface area is 162 Å². The van der Waals surface area contributed by atoms with Gasteiger partial charge in [-0.15, -0.1) is 11.3 Å². The maximum Gasteiger partial charge on any atom is 0.321 e. The predicted octanol–water partition coefficient (Wildman–Crippen LogP) is 0.751. The van der Waals surface area contributed by atoms with E-state index in [4.69, 9.17) is 9.47 Å². The molecule has 0 aliphatic carbocycles. The van der Waals surface area contributed by atoms with Gasteiger partial charge in [-0.2, -0.15) is 0 Å². The molecule has 1 aliphatic rings. The number of fused-ring (bicyclic) bond motifs is 1. The van der Waals surface area contributed by atoms with Gasteiger partial charge in [0.25, 0.3) is 5.91 Å². The van der Waals surface area contributed by atoms with Crippen LogP contribution in [0.2, 0.25) is 0 Å². The smallest absolute Gasteiger partial charge is 0.321 e. The highest BCUT2D eigenvalue weighted by Crippen LogP contribution is 2.36. The Kier molecular flexibility index (Phi) is 5.98. The monoisotopic (exact) mass is 390 g/mol. The van der Waals surface area contributed by atoms with Gasteiger partial charge in [-0.05, 0) is 29.1 Å². The molecule has 2 atom stereocenters. The molecule has 7 nitrogen and oxygen atoms in total. The molecule has 3 amide bonds. The third kappa shape index (κ3) is 4.06. The van der Waals surface area contributed by atoms with Crippen LogP contribution in [-0.2, 0) is 11.2 Å². The zero-order valence-corrected chi connectivity index (χ0v) is 16.4. The summed E-state index contributed by atoms with van der Waals surface area (Å²) in [5.41, 5.74) is 2.32. The van der Waals surface area contributed by atoms with Crippen molar-refractivity contribution >= 4 is 23.3 Å². The molecular formula is C19H24N3O4S+. The van der Waals surface area contributed by atoms with E-state index in [1.807, 2.05) is 23.6 Å². The third-order valence-electron chi connectivity index (χ3n) is 4.78. The molecule has 1 aromatic heterocycles. The van der Waals surface area contributed by atoms with Gasteiger partial charge in [0.1, 0.15) is 6.04 Å². The SMILES string of the molecule is CNC(=O)NC(=O)C[NH+]1CCc2cc(OC)c(OC)cc2[C@H]1c1cccs1. The maximum absolute atomic E-state index is 12.3. The van der Waals surface area contributed by atoms with Crippen LogP contribution in [0.4, 0.5) is 4.79 Å². The molecule has 0 fully saturated rings. The Bertz CT molecular complexity index is 823. The number of carbonyl (C=O) groups excluding carboxylic acids is 2. The molecule has 1 aliphatic heterocycles. The van der Waals surface area contributed by atoms with E-state index in [9.17, 15) is 9.59 Å². The second kappa shape index (κ2) is 8.41. The fourth-order valence-corrected chi connectivity index (χ4v) is 4.42. The molecule has 27 heavy (non-hydrogen) atoms. The van der Waals surface area contributed by atoms with Crippen molar-refractivity contribution in [1.82, 2.24) is 10.6 Å². The average molecular weight is 390 g/mol. The number of hydrogen-bond donors (Lipinski definition) is 3. The Morgan fingerprint density at radius 3 is 2.63 bits per heavy atom. The Morgan fingerprint density at radius 2 is 2.00 bits per heavy atom. The quantitative estimate of drug-likeness (QED) is 0.704. The first-order valence-corrected chi connectivity index (χ1v) is 9.59. The van der Waals surface area contributed by atoms with Crippen LogP contribution in [0, 0.1) is 0 Å². The van der Waals surface area contributed by atoms with Crippen LogP contribution in [0.15, 0.2) is 29.6 Å². The summed E-state index contributed by atoms with van der Waals surface area (Å²) >= 11 is 1.66. The van der Waals surface area contributed by atoms with Gasteiger partial charge in [0, 0.05) is 19.0 Å². The second-order valence-electron chi connectivity index (χ2n) is 6.32. The standard InChI is InChI=1S/C19H23N3O4S/c1-20-19(24)21-17(23)11-22-7-6-12-9-14(25-2)15(26-3)10-13(12)18(22)16-5-4-8-27-16/h4-5,8-10,18H,6-7,11H2,1-3H3,(H2,20,21,23,24)/p+1/t18-/m0/s1. The Morgan fingerprint density at radius 1 is 1.26 bits per heavy atom. The summed E-state index contributed by atoms with van der Waals surface area (Å²) in [5, 5.41) is 6.80. The summed E-state index contributed by atoms with van der Waals surface area (Å²) in [5.74, 6) is 1.09. The predicted molar refractivity (Wildman–Crippen MR) is 103 cm³/mol. The molecule has 0 bridgehead atoms. The van der Waals surface area contributed by atoms with E-state index in [0.29, 0.717) is 11.5 Å². The summed E-state index contributed by atoms with van der Waals surface area (Å²) in [7, 11) is 4.74. The number of rotatable bonds is 5. The summed E-state index contributed by atoms with van der Waals surface area (Å²) in [6.45, 7) is 0.996. The van der Waals surface area contributed by atoms with E-state index in [1.54, 1.807) is 25.6 Å². The number of benzene rings is 1. The maximum atomic E-state index is 12.3. The van der Waals surface area contributed by atoms with E-state index in [-0.39, 0.29) is 18.5 Å². The van der Waals surface area contributed by atoms with Gasteiger partial charge >= 0.3 is 6.03 Å². The van der Waals surface area contributed by atoms with Crippen molar-refractivity contribution in [3.8, 4) is 11.5 Å². The molecule has 0 radical (unpaired) electrons. The van der Waals surface area contributed by atoms with E-state index < -0.39 is 6.03 Å². The molecule has 8 heteroatoms. The highest BCUT2D eigenvalue weighted by atomic mass is 32.1. The first-order valence-electron chi connectivity index (χ1n) is 8.71. The van der Waals surface area contributed by atoms with Crippen LogP contribution in [0.3, 0.4) is 0 Å². The van der Waals surface area contributed by atoms with E-state index in [2.05, 4.69) is 16.7 Å². The zero-order valence-electron chi connectivity index (χ0n) is 15.6. The lowest BCUT2D eigenvalue weighted by Gasteiger charge is -2.34. The number of imide groups is 1. The van der Waals surface area contributed by atoms with Crippen LogP contribution in [-0.4, -0.2) is 46.3 Å². The van der Waals surface area contributed by atoms with Gasteiger partial charge in [-0.3, -0.25) is 10.1 Å². The number of nitrogens with one attached hydrogen (secondary N) is 3. The molecule has 1 aromatic carbocycles. The van der Waals surface area contributed by atoms with Gasteiger partial charge in [0.2, 0.25) is 0 Å². The van der Waals surface area contributed by atoms with Gasteiger partial charge in [-0.25, -0.2) is 4.79 Å². The van der Waals surface area contributed by atoms with Crippen LogP contribution in [0.25, 0.3) is 0 Å². The number of thiophene rings is 1. The molecule has 144 valence electrons. The van der Waals surface area contributed by atoms with Crippen molar-refractivity contribution in [2.45, 2.75) is 12.5 Å². The molecule has 1 unspecified atom stereocenters. The number of quaternary nitrogens is 1. The van der Waals surface area contributed by atoms with Gasteiger partial charge < -0.3 is 19.7 Å². The summed E-state index contributed by atoms with van der Waals surface area (Å²) in [6, 6.07) is 7.64. The molecule has 2 aromatic rings. The van der Waals surface area contributed by atoms with Gasteiger partial charge in [0.05, 0.1) is 25.6 Å². The van der Waals surface area contributed by atoms with Crippen molar-refractivity contribution in [3.63, 3.8) is 0 Å². The van der Waals surface area contributed by atoms with Gasteiger partial charge in [0.15, 0.2) is 18.0 Å². The second-order valence-corrected chi connectivity index (χ2v) is 7.30. The number of methoxy groups -OCH3 is 2. The van der Waals surface area contributed by atoms with E-state index in [1.165, 1.54) is 17.5 Å². The van der Waals surface area contributed by atoms with Crippen LogP contribution in [0.5, 0.6) is 11.5 Å². The molecule has 0 saturated heterocycles. The lowest BCUT2D eigenvalue weighted by Crippen LogP contribution is -3.14. The fourth-order valence-electron chi connectivity index (χ4n) is 3.52. The first kappa shape index (κ1) is 19.2. The van der Waals surface area contributed by atoms with Crippen LogP contribution in [0.1, 0.15) is 22.0 Å². The van der Waals surface area contributed by atoms with Crippen LogP contribution >= 0.6 is 11.3 Å². The minimum atomic E-state index is -0.490. The molecule has 3 rings (SSSR count). The van der Waals surface area contributed by atoms with Crippen LogP contribution < -0.4 is 25.0 Å². The lowest BCUT2D eigenvalue weighted by molar-refractivity contribution is -0.919. The Balaban J connectivity index is 1.95. The largest absolute Gasteiger partial charge is 0.493 e. The van der Waals surface area contributed by atoms with Crippen molar-refractivity contribution in [1.29, 1.82) is 0 Å². The van der Waals surface area contributed by atoms with Crippen molar-refractivity contribution in [3.05, 3.63) is 45.6 Å². The van der Waals surface area contributed by atoms with Crippen molar-refractivity contribution in [2.24, 2.45) is 0 Å². The average Bonchev–Trinajstić information content (AvgIpc) is 3.20. The zero-order chi connectivity index (χ0) is 19.4. The topological polar surface area (TPSA) is 81.1 Å². The number of carbonyl (C=O) groups is 2. The first-order chi connectivity index (χ1) is 13.1. The van der Waals surface area contributed by atoms with Crippen molar-refractivity contribution < 1.29 is 24.0 Å². The lowest BCUT2D eigenvalue weighted by atomic mass is 9.91. The number of ether oxygens (including phenoxy) is 2. The molecule has 0 saturated carbocycles. The highest BCUT2D eigenvalue weighted by Gasteiger charge is 2.35. The summed E-state index contributed by atoms with van der Waals surface area (Å²) < 4.78 is 10.9.